The van der Waals surface area contributed by atoms with Crippen molar-refractivity contribution in [3.8, 4) is 0 Å². The van der Waals surface area contributed by atoms with Crippen molar-refractivity contribution in [2.24, 2.45) is 0 Å². The molecule has 1 aromatic heterocycles. The first-order valence-corrected chi connectivity index (χ1v) is 6.18. The van der Waals surface area contributed by atoms with Crippen LogP contribution in [-0.2, 0) is 6.54 Å². The maximum Gasteiger partial charge on any atom is 0.134 e. The van der Waals surface area contributed by atoms with Gasteiger partial charge in [0.1, 0.15) is 11.3 Å². The molecule has 1 aromatic carbocycles. The van der Waals surface area contributed by atoms with E-state index < -0.39 is 0 Å². The number of hydrogen-bond acceptors (Lipinski definition) is 2. The number of fused-ring (bicyclic) bond motifs is 1. The highest BCUT2D eigenvalue weighted by atomic mass is 127. The first-order valence-electron chi connectivity index (χ1n) is 5.10. The minimum absolute atomic E-state index is 0.813. The largest absolute Gasteiger partial charge is 0.459 e. The maximum absolute atomic E-state index is 5.79. The molecule has 2 nitrogen and oxygen atoms in total. The second kappa shape index (κ2) is 4.53. The van der Waals surface area contributed by atoms with Crippen LogP contribution in [0.1, 0.15) is 18.2 Å². The molecule has 1 heterocycles. The standard InChI is InChI=1S/C12H14INO/c1-3-14-7-12-8(2)10-6-9(13)4-5-11(10)15-12/h4-6,14H,3,7H2,1-2H3. The fourth-order valence-electron chi connectivity index (χ4n) is 1.65. The molecule has 0 aliphatic carbocycles. The smallest absolute Gasteiger partial charge is 0.134 e. The van der Waals surface area contributed by atoms with Gasteiger partial charge in [-0.2, -0.15) is 0 Å². The summed E-state index contributed by atoms with van der Waals surface area (Å²) in [4.78, 5) is 0. The van der Waals surface area contributed by atoms with Gasteiger partial charge in [0.05, 0.1) is 6.54 Å². The highest BCUT2D eigenvalue weighted by Gasteiger charge is 2.09. The van der Waals surface area contributed by atoms with E-state index in [0.717, 1.165) is 24.4 Å². The van der Waals surface area contributed by atoms with E-state index in [-0.39, 0.29) is 0 Å². The number of rotatable bonds is 3. The molecule has 0 unspecified atom stereocenters. The number of aryl methyl sites for hydroxylation is 1. The Labute approximate surface area is 103 Å². The monoisotopic (exact) mass is 315 g/mol. The topological polar surface area (TPSA) is 25.2 Å². The van der Waals surface area contributed by atoms with Crippen LogP contribution in [0.25, 0.3) is 11.0 Å². The molecule has 80 valence electrons. The van der Waals surface area contributed by atoms with Crippen LogP contribution in [0.2, 0.25) is 0 Å². The summed E-state index contributed by atoms with van der Waals surface area (Å²) in [5.41, 5.74) is 2.24. The van der Waals surface area contributed by atoms with Gasteiger partial charge in [-0.3, -0.25) is 0 Å². The molecule has 0 aliphatic heterocycles. The second-order valence-electron chi connectivity index (χ2n) is 3.57. The second-order valence-corrected chi connectivity index (χ2v) is 4.82. The third-order valence-electron chi connectivity index (χ3n) is 2.53. The van der Waals surface area contributed by atoms with Gasteiger partial charge < -0.3 is 9.73 Å². The van der Waals surface area contributed by atoms with Crippen molar-refractivity contribution < 1.29 is 4.42 Å². The zero-order valence-corrected chi connectivity index (χ0v) is 11.1. The summed E-state index contributed by atoms with van der Waals surface area (Å²) in [5, 5.41) is 4.52. The van der Waals surface area contributed by atoms with Crippen molar-refractivity contribution in [1.82, 2.24) is 5.32 Å². The predicted octanol–water partition coefficient (Wildman–Crippen LogP) is 3.46. The average Bonchev–Trinajstić information content (AvgIpc) is 2.53. The van der Waals surface area contributed by atoms with Gasteiger partial charge in [-0.25, -0.2) is 0 Å². The molecule has 0 saturated heterocycles. The molecule has 0 saturated carbocycles. The molecular formula is C12H14INO. The third-order valence-corrected chi connectivity index (χ3v) is 3.20. The van der Waals surface area contributed by atoms with Crippen LogP contribution in [0.4, 0.5) is 0 Å². The molecule has 15 heavy (non-hydrogen) atoms. The van der Waals surface area contributed by atoms with Crippen molar-refractivity contribution in [1.29, 1.82) is 0 Å². The van der Waals surface area contributed by atoms with E-state index in [2.05, 4.69) is 53.9 Å². The quantitative estimate of drug-likeness (QED) is 0.878. The minimum Gasteiger partial charge on any atom is -0.459 e. The third kappa shape index (κ3) is 2.18. The van der Waals surface area contributed by atoms with Crippen molar-refractivity contribution in [2.75, 3.05) is 6.54 Å². The zero-order chi connectivity index (χ0) is 10.8. The van der Waals surface area contributed by atoms with Crippen molar-refractivity contribution >= 4 is 33.6 Å². The Balaban J connectivity index is 2.45. The van der Waals surface area contributed by atoms with Gasteiger partial charge in [-0.1, -0.05) is 6.92 Å². The molecule has 0 bridgehead atoms. The van der Waals surface area contributed by atoms with E-state index in [1.165, 1.54) is 14.5 Å². The van der Waals surface area contributed by atoms with E-state index >= 15 is 0 Å². The van der Waals surface area contributed by atoms with Crippen LogP contribution in [0, 0.1) is 10.5 Å². The molecule has 0 spiro atoms. The molecule has 0 radical (unpaired) electrons. The number of benzene rings is 1. The average molecular weight is 315 g/mol. The Morgan fingerprint density at radius 1 is 1.40 bits per heavy atom. The maximum atomic E-state index is 5.79. The van der Waals surface area contributed by atoms with Crippen LogP contribution in [-0.4, -0.2) is 6.54 Å². The van der Waals surface area contributed by atoms with E-state index in [4.69, 9.17) is 4.42 Å². The van der Waals surface area contributed by atoms with Crippen LogP contribution in [0.5, 0.6) is 0 Å². The lowest BCUT2D eigenvalue weighted by Gasteiger charge is -1.97. The Morgan fingerprint density at radius 3 is 2.93 bits per heavy atom. The van der Waals surface area contributed by atoms with Crippen LogP contribution in [0.15, 0.2) is 22.6 Å². The summed E-state index contributed by atoms with van der Waals surface area (Å²) in [6.45, 7) is 6.00. The highest BCUT2D eigenvalue weighted by molar-refractivity contribution is 14.1. The van der Waals surface area contributed by atoms with Gasteiger partial charge in [0, 0.05) is 8.96 Å². The van der Waals surface area contributed by atoms with Gasteiger partial charge in [0.25, 0.3) is 0 Å². The number of hydrogen-bond donors (Lipinski definition) is 1. The Kier molecular flexibility index (Phi) is 3.31. The number of furan rings is 1. The SMILES string of the molecule is CCNCc1oc2ccc(I)cc2c1C. The van der Waals surface area contributed by atoms with E-state index in [1.54, 1.807) is 0 Å². The van der Waals surface area contributed by atoms with Gasteiger partial charge in [-0.05, 0) is 59.8 Å². The van der Waals surface area contributed by atoms with Gasteiger partial charge in [0.2, 0.25) is 0 Å². The van der Waals surface area contributed by atoms with Crippen molar-refractivity contribution in [2.45, 2.75) is 20.4 Å². The summed E-state index contributed by atoms with van der Waals surface area (Å²) in [6, 6.07) is 6.28. The fourth-order valence-corrected chi connectivity index (χ4v) is 2.14. The summed E-state index contributed by atoms with van der Waals surface area (Å²) < 4.78 is 7.04. The summed E-state index contributed by atoms with van der Waals surface area (Å²) in [6.07, 6.45) is 0. The van der Waals surface area contributed by atoms with Crippen LogP contribution < -0.4 is 5.32 Å². The number of halogens is 1. The molecule has 0 atom stereocenters. The van der Waals surface area contributed by atoms with E-state index in [9.17, 15) is 0 Å². The molecule has 1 N–H and O–H groups in total. The Morgan fingerprint density at radius 2 is 2.20 bits per heavy atom. The molecule has 2 aromatic rings. The van der Waals surface area contributed by atoms with Crippen LogP contribution in [0.3, 0.4) is 0 Å². The Bertz CT molecular complexity index is 476. The van der Waals surface area contributed by atoms with Gasteiger partial charge >= 0.3 is 0 Å². The minimum atomic E-state index is 0.813. The lowest BCUT2D eigenvalue weighted by atomic mass is 10.1. The predicted molar refractivity (Wildman–Crippen MR) is 71.0 cm³/mol. The summed E-state index contributed by atoms with van der Waals surface area (Å²) in [5.74, 6) is 1.05. The first-order chi connectivity index (χ1) is 7.22. The molecule has 3 heteroatoms. The lowest BCUT2D eigenvalue weighted by molar-refractivity contribution is 0.516. The van der Waals surface area contributed by atoms with Gasteiger partial charge in [-0.15, -0.1) is 0 Å². The summed E-state index contributed by atoms with van der Waals surface area (Å²) >= 11 is 2.33. The van der Waals surface area contributed by atoms with Gasteiger partial charge in [0.15, 0.2) is 0 Å². The molecular weight excluding hydrogens is 301 g/mol. The first kappa shape index (κ1) is 11.0. The lowest BCUT2D eigenvalue weighted by Crippen LogP contribution is -2.11. The molecule has 0 fully saturated rings. The molecule has 2 rings (SSSR count). The van der Waals surface area contributed by atoms with Crippen LogP contribution >= 0.6 is 22.6 Å². The fraction of sp³-hybridized carbons (Fsp3) is 0.333. The van der Waals surface area contributed by atoms with E-state index in [1.807, 2.05) is 6.07 Å². The zero-order valence-electron chi connectivity index (χ0n) is 8.93. The van der Waals surface area contributed by atoms with Crippen molar-refractivity contribution in [3.63, 3.8) is 0 Å². The van der Waals surface area contributed by atoms with E-state index in [0.29, 0.717) is 0 Å². The molecule has 0 amide bonds. The summed E-state index contributed by atoms with van der Waals surface area (Å²) in [7, 11) is 0. The highest BCUT2D eigenvalue weighted by Crippen LogP contribution is 2.26. The van der Waals surface area contributed by atoms with Crippen molar-refractivity contribution in [3.05, 3.63) is 33.1 Å². The normalized spacial score (nSPS) is 11.1. The molecule has 0 aliphatic rings. The Hall–Kier alpha value is -0.550. The number of nitrogens with one attached hydrogen (secondary N) is 1.